The predicted molar refractivity (Wildman–Crippen MR) is 116 cm³/mol. The second-order valence-corrected chi connectivity index (χ2v) is 6.42. The van der Waals surface area contributed by atoms with Crippen molar-refractivity contribution in [3.05, 3.63) is 91.0 Å². The highest BCUT2D eigenvalue weighted by atomic mass is 16.5. The van der Waals surface area contributed by atoms with Crippen LogP contribution in [0.1, 0.15) is 5.56 Å². The van der Waals surface area contributed by atoms with Crippen LogP contribution in [-0.2, 0) is 4.79 Å². The molecule has 0 atom stereocenters. The molecule has 8 nitrogen and oxygen atoms in total. The fraction of sp³-hybridized carbons (Fsp3) is 0.0435. The Morgan fingerprint density at radius 2 is 1.74 bits per heavy atom. The van der Waals surface area contributed by atoms with E-state index in [0.717, 1.165) is 11.3 Å². The molecule has 0 aliphatic carbocycles. The number of carbonyl (C=O) groups excluding carboxylic acids is 1. The second kappa shape index (κ2) is 9.36. The summed E-state index contributed by atoms with van der Waals surface area (Å²) in [5, 5.41) is 11.0. The van der Waals surface area contributed by atoms with Gasteiger partial charge < -0.3 is 14.8 Å². The lowest BCUT2D eigenvalue weighted by atomic mass is 10.2. The van der Waals surface area contributed by atoms with Crippen LogP contribution in [0.4, 0.5) is 5.69 Å². The van der Waals surface area contributed by atoms with Crippen molar-refractivity contribution in [2.75, 3.05) is 12.4 Å². The summed E-state index contributed by atoms with van der Waals surface area (Å²) in [6.45, 7) is 0. The fourth-order valence-corrected chi connectivity index (χ4v) is 2.70. The van der Waals surface area contributed by atoms with E-state index >= 15 is 0 Å². The molecule has 0 bridgehead atoms. The van der Waals surface area contributed by atoms with Crippen LogP contribution in [0.2, 0.25) is 0 Å². The van der Waals surface area contributed by atoms with Crippen molar-refractivity contribution in [2.24, 2.45) is 0 Å². The molecule has 2 aromatic carbocycles. The highest BCUT2D eigenvalue weighted by Crippen LogP contribution is 2.21. The Balaban J connectivity index is 1.32. The molecule has 0 spiro atoms. The molecule has 0 radical (unpaired) electrons. The monoisotopic (exact) mass is 413 g/mol. The van der Waals surface area contributed by atoms with Crippen LogP contribution in [0.25, 0.3) is 11.9 Å². The molecule has 31 heavy (non-hydrogen) atoms. The Kier molecular flexibility index (Phi) is 5.99. The Labute approximate surface area is 178 Å². The van der Waals surface area contributed by atoms with E-state index < -0.39 is 0 Å². The first-order valence-electron chi connectivity index (χ1n) is 9.43. The number of nitrogens with zero attached hydrogens (tertiary/aromatic N) is 4. The van der Waals surface area contributed by atoms with E-state index in [2.05, 4.69) is 20.5 Å². The number of amides is 1. The van der Waals surface area contributed by atoms with Crippen molar-refractivity contribution in [3.8, 4) is 23.2 Å². The second-order valence-electron chi connectivity index (χ2n) is 6.42. The number of nitrogens with one attached hydrogen (secondary N) is 1. The molecule has 0 aliphatic rings. The van der Waals surface area contributed by atoms with Gasteiger partial charge in [-0.05, 0) is 54.1 Å². The zero-order valence-electron chi connectivity index (χ0n) is 16.7. The Bertz CT molecular complexity index is 1150. The minimum absolute atomic E-state index is 0.231. The number of carbonyl (C=O) groups is 1. The lowest BCUT2D eigenvalue weighted by Gasteiger charge is -2.07. The molecule has 0 fully saturated rings. The molecule has 0 unspecified atom stereocenters. The standard InChI is InChI=1S/C23H19N5O3/c1-30-19-7-2-17(3-8-19)4-12-22(29)25-18-5-9-20(10-6-18)31-23-13-11-21(26-27-23)28-15-14-24-16-28/h2-16H,1H3,(H,25,29)/b12-4+. The number of aromatic nitrogens is 4. The average molecular weight is 413 g/mol. The third-order valence-electron chi connectivity index (χ3n) is 4.28. The first kappa shape index (κ1) is 19.8. The predicted octanol–water partition coefficient (Wildman–Crippen LogP) is 4.12. The van der Waals surface area contributed by atoms with Gasteiger partial charge in [-0.3, -0.25) is 9.36 Å². The van der Waals surface area contributed by atoms with Gasteiger partial charge in [0.15, 0.2) is 5.82 Å². The number of methoxy groups -OCH3 is 1. The maximum atomic E-state index is 12.1. The van der Waals surface area contributed by atoms with Gasteiger partial charge in [-0.1, -0.05) is 12.1 Å². The van der Waals surface area contributed by atoms with E-state index in [9.17, 15) is 4.79 Å². The third kappa shape index (κ3) is 5.33. The van der Waals surface area contributed by atoms with Crippen molar-refractivity contribution in [1.29, 1.82) is 0 Å². The molecular formula is C23H19N5O3. The third-order valence-corrected chi connectivity index (χ3v) is 4.28. The smallest absolute Gasteiger partial charge is 0.248 e. The van der Waals surface area contributed by atoms with Gasteiger partial charge in [0.2, 0.25) is 11.8 Å². The van der Waals surface area contributed by atoms with Crippen LogP contribution in [0.5, 0.6) is 17.4 Å². The van der Waals surface area contributed by atoms with E-state index in [0.29, 0.717) is 23.1 Å². The van der Waals surface area contributed by atoms with Gasteiger partial charge >= 0.3 is 0 Å². The summed E-state index contributed by atoms with van der Waals surface area (Å²) in [6, 6.07) is 17.9. The van der Waals surface area contributed by atoms with E-state index in [1.807, 2.05) is 24.3 Å². The fourth-order valence-electron chi connectivity index (χ4n) is 2.70. The lowest BCUT2D eigenvalue weighted by molar-refractivity contribution is -0.111. The maximum absolute atomic E-state index is 12.1. The zero-order valence-corrected chi connectivity index (χ0v) is 16.7. The van der Waals surface area contributed by atoms with Gasteiger partial charge in [0.1, 0.15) is 17.8 Å². The summed E-state index contributed by atoms with van der Waals surface area (Å²) in [6.07, 6.45) is 8.30. The highest BCUT2D eigenvalue weighted by molar-refractivity contribution is 6.01. The van der Waals surface area contributed by atoms with Crippen molar-refractivity contribution in [2.45, 2.75) is 0 Å². The van der Waals surface area contributed by atoms with Gasteiger partial charge in [-0.2, -0.15) is 0 Å². The first-order valence-corrected chi connectivity index (χ1v) is 9.43. The van der Waals surface area contributed by atoms with Crippen molar-refractivity contribution < 1.29 is 14.3 Å². The van der Waals surface area contributed by atoms with Gasteiger partial charge in [0.25, 0.3) is 0 Å². The minimum atomic E-state index is -0.231. The van der Waals surface area contributed by atoms with Crippen LogP contribution < -0.4 is 14.8 Å². The Morgan fingerprint density at radius 3 is 2.39 bits per heavy atom. The van der Waals surface area contributed by atoms with Crippen molar-refractivity contribution in [3.63, 3.8) is 0 Å². The lowest BCUT2D eigenvalue weighted by Crippen LogP contribution is -2.07. The van der Waals surface area contributed by atoms with Crippen molar-refractivity contribution in [1.82, 2.24) is 19.7 Å². The molecule has 4 aromatic rings. The molecule has 154 valence electrons. The van der Waals surface area contributed by atoms with Gasteiger partial charge in [-0.25, -0.2) is 4.98 Å². The van der Waals surface area contributed by atoms with E-state index in [1.165, 1.54) is 6.08 Å². The largest absolute Gasteiger partial charge is 0.497 e. The van der Waals surface area contributed by atoms with Crippen LogP contribution in [-0.4, -0.2) is 32.8 Å². The van der Waals surface area contributed by atoms with Crippen LogP contribution in [0.3, 0.4) is 0 Å². The first-order chi connectivity index (χ1) is 15.2. The molecule has 2 heterocycles. The highest BCUT2D eigenvalue weighted by Gasteiger charge is 2.04. The number of rotatable bonds is 7. The summed E-state index contributed by atoms with van der Waals surface area (Å²) in [7, 11) is 1.61. The van der Waals surface area contributed by atoms with Gasteiger partial charge in [0.05, 0.1) is 7.11 Å². The normalized spacial score (nSPS) is 10.7. The minimum Gasteiger partial charge on any atom is -0.497 e. The molecule has 0 saturated carbocycles. The van der Waals surface area contributed by atoms with E-state index in [-0.39, 0.29) is 5.91 Å². The summed E-state index contributed by atoms with van der Waals surface area (Å²) in [5.41, 5.74) is 1.55. The maximum Gasteiger partial charge on any atom is 0.248 e. The quantitative estimate of drug-likeness (QED) is 0.459. The number of benzene rings is 2. The molecule has 1 N–H and O–H groups in total. The molecule has 0 saturated heterocycles. The molecular weight excluding hydrogens is 394 g/mol. The number of imidazole rings is 1. The van der Waals surface area contributed by atoms with E-state index in [4.69, 9.17) is 9.47 Å². The topological polar surface area (TPSA) is 91.2 Å². The average Bonchev–Trinajstić information content (AvgIpc) is 3.35. The summed E-state index contributed by atoms with van der Waals surface area (Å²) in [4.78, 5) is 16.1. The number of hydrogen-bond acceptors (Lipinski definition) is 6. The number of ether oxygens (including phenoxy) is 2. The molecule has 0 aliphatic heterocycles. The van der Waals surface area contributed by atoms with Crippen LogP contribution in [0.15, 0.2) is 85.5 Å². The Morgan fingerprint density at radius 1 is 0.968 bits per heavy atom. The summed E-state index contributed by atoms with van der Waals surface area (Å²) >= 11 is 0. The zero-order chi connectivity index (χ0) is 21.5. The molecule has 2 aromatic heterocycles. The number of hydrogen-bond donors (Lipinski definition) is 1. The molecule has 8 heteroatoms. The van der Waals surface area contributed by atoms with Crippen LogP contribution in [0, 0.1) is 0 Å². The number of anilines is 1. The van der Waals surface area contributed by atoms with E-state index in [1.54, 1.807) is 72.9 Å². The summed E-state index contributed by atoms with van der Waals surface area (Å²) in [5.74, 6) is 2.12. The molecule has 4 rings (SSSR count). The summed E-state index contributed by atoms with van der Waals surface area (Å²) < 4.78 is 12.6. The van der Waals surface area contributed by atoms with Crippen molar-refractivity contribution >= 4 is 17.7 Å². The van der Waals surface area contributed by atoms with Crippen LogP contribution >= 0.6 is 0 Å². The molecule has 1 amide bonds. The Hall–Kier alpha value is -4.46. The SMILES string of the molecule is COc1ccc(/C=C/C(=O)Nc2ccc(Oc3ccc(-n4ccnc4)nn3)cc2)cc1. The van der Waals surface area contributed by atoms with Gasteiger partial charge in [0, 0.05) is 30.2 Å². The van der Waals surface area contributed by atoms with Gasteiger partial charge in [-0.15, -0.1) is 10.2 Å².